The molecule has 2 aromatic carbocycles. The van der Waals surface area contributed by atoms with Crippen LogP contribution in [0.2, 0.25) is 0 Å². The number of halogens is 1. The predicted molar refractivity (Wildman–Crippen MR) is 135 cm³/mol. The molecule has 0 saturated heterocycles. The normalized spacial score (nSPS) is 11.9. The van der Waals surface area contributed by atoms with Crippen LogP contribution in [0.5, 0.6) is 5.75 Å². The maximum atomic E-state index is 14.5. The van der Waals surface area contributed by atoms with Gasteiger partial charge >= 0.3 is 0 Å². The summed E-state index contributed by atoms with van der Waals surface area (Å²) >= 11 is 1.22. The number of nitrogens with zero attached hydrogens (tertiary/aromatic N) is 6. The summed E-state index contributed by atoms with van der Waals surface area (Å²) in [6, 6.07) is 17.8. The van der Waals surface area contributed by atoms with Crippen LogP contribution < -0.4 is 14.8 Å². The highest BCUT2D eigenvalue weighted by Crippen LogP contribution is 2.28. The van der Waals surface area contributed by atoms with Crippen LogP contribution in [0.15, 0.2) is 84.0 Å². The minimum Gasteiger partial charge on any atom is -0.494 e. The van der Waals surface area contributed by atoms with Gasteiger partial charge in [0.05, 0.1) is 17.3 Å². The molecule has 0 aliphatic carbocycles. The van der Waals surface area contributed by atoms with Gasteiger partial charge in [-0.1, -0.05) is 29.5 Å². The second kappa shape index (κ2) is 8.82. The lowest BCUT2D eigenvalue weighted by atomic mass is 10.1. The van der Waals surface area contributed by atoms with E-state index in [4.69, 9.17) is 9.84 Å². The number of fused-ring (bicyclic) bond motifs is 1. The standard InChI is InChI=1S/C26H17FN6O2S/c1-35-21-10-9-16(12-20(21)27)23-18(15-32(30-23)19-7-3-2-4-8-19)13-22-25(34)33-26(36-22)29-24(31-33)17-6-5-11-28-14-17/h2-15H,1H3/b22-13-. The van der Waals surface area contributed by atoms with Crippen LogP contribution >= 0.6 is 11.3 Å². The highest BCUT2D eigenvalue weighted by atomic mass is 32.1. The third kappa shape index (κ3) is 3.83. The number of para-hydroxylation sites is 1. The molecule has 0 aliphatic heterocycles. The minimum atomic E-state index is -0.499. The van der Waals surface area contributed by atoms with E-state index >= 15 is 0 Å². The number of aromatic nitrogens is 6. The van der Waals surface area contributed by atoms with Gasteiger partial charge in [0.15, 0.2) is 17.4 Å². The molecule has 4 heterocycles. The summed E-state index contributed by atoms with van der Waals surface area (Å²) in [5.41, 5.74) is 2.99. The number of methoxy groups -OCH3 is 1. The SMILES string of the molecule is COc1ccc(-c2nn(-c3ccccc3)cc2/C=c2\sc3nc(-c4cccnc4)nn3c2=O)cc1F. The molecule has 8 nitrogen and oxygen atoms in total. The van der Waals surface area contributed by atoms with Gasteiger partial charge in [0.2, 0.25) is 4.96 Å². The average Bonchev–Trinajstić information content (AvgIpc) is 3.60. The molecule has 0 unspecified atom stereocenters. The maximum absolute atomic E-state index is 14.5. The summed E-state index contributed by atoms with van der Waals surface area (Å²) in [6.45, 7) is 0. The Balaban J connectivity index is 1.50. The Morgan fingerprint density at radius 2 is 1.89 bits per heavy atom. The Morgan fingerprint density at radius 3 is 2.61 bits per heavy atom. The molecule has 0 saturated carbocycles. The number of hydrogen-bond donors (Lipinski definition) is 0. The van der Waals surface area contributed by atoms with E-state index in [0.717, 1.165) is 11.3 Å². The summed E-state index contributed by atoms with van der Waals surface area (Å²) < 4.78 is 23.0. The van der Waals surface area contributed by atoms with E-state index < -0.39 is 5.82 Å². The van der Waals surface area contributed by atoms with Gasteiger partial charge in [-0.2, -0.15) is 14.6 Å². The first-order chi connectivity index (χ1) is 17.6. The minimum absolute atomic E-state index is 0.142. The third-order valence-electron chi connectivity index (χ3n) is 5.58. The van der Waals surface area contributed by atoms with E-state index in [2.05, 4.69) is 15.1 Å². The smallest absolute Gasteiger partial charge is 0.291 e. The Labute approximate surface area is 207 Å². The lowest BCUT2D eigenvalue weighted by Crippen LogP contribution is -2.23. The molecule has 6 aromatic rings. The highest BCUT2D eigenvalue weighted by molar-refractivity contribution is 7.15. The molecule has 6 rings (SSSR count). The van der Waals surface area contributed by atoms with Gasteiger partial charge < -0.3 is 4.74 Å². The molecule has 176 valence electrons. The first-order valence-corrected chi connectivity index (χ1v) is 11.7. The molecule has 0 bridgehead atoms. The lowest BCUT2D eigenvalue weighted by Gasteiger charge is -2.04. The molecule has 0 spiro atoms. The van der Waals surface area contributed by atoms with Crippen LogP contribution in [0, 0.1) is 5.82 Å². The summed E-state index contributed by atoms with van der Waals surface area (Å²) in [7, 11) is 1.41. The summed E-state index contributed by atoms with van der Waals surface area (Å²) in [4.78, 5) is 22.2. The number of pyridine rings is 1. The van der Waals surface area contributed by atoms with Gasteiger partial charge in [-0.3, -0.25) is 9.78 Å². The summed E-state index contributed by atoms with van der Waals surface area (Å²) in [5, 5.41) is 9.07. The lowest BCUT2D eigenvalue weighted by molar-refractivity contribution is 0.386. The van der Waals surface area contributed by atoms with E-state index in [9.17, 15) is 9.18 Å². The van der Waals surface area contributed by atoms with Crippen molar-refractivity contribution in [1.82, 2.24) is 29.4 Å². The number of hydrogen-bond acceptors (Lipinski definition) is 7. The first kappa shape index (κ1) is 21.8. The van der Waals surface area contributed by atoms with Gasteiger partial charge in [-0.05, 0) is 48.5 Å². The molecular formula is C26H17FN6O2S. The van der Waals surface area contributed by atoms with E-state index in [1.165, 1.54) is 29.0 Å². The second-order valence-corrected chi connectivity index (χ2v) is 8.86. The largest absolute Gasteiger partial charge is 0.494 e. The highest BCUT2D eigenvalue weighted by Gasteiger charge is 2.16. The molecule has 0 N–H and O–H groups in total. The van der Waals surface area contributed by atoms with Gasteiger partial charge in [-0.25, -0.2) is 9.07 Å². The van der Waals surface area contributed by atoms with Crippen LogP contribution in [0.3, 0.4) is 0 Å². The zero-order valence-electron chi connectivity index (χ0n) is 18.9. The van der Waals surface area contributed by atoms with E-state index in [-0.39, 0.29) is 11.3 Å². The summed E-state index contributed by atoms with van der Waals surface area (Å²) in [5.74, 6) is 0.0781. The van der Waals surface area contributed by atoms with Crippen molar-refractivity contribution >= 4 is 22.4 Å². The fraction of sp³-hybridized carbons (Fsp3) is 0.0385. The molecule has 10 heteroatoms. The predicted octanol–water partition coefficient (Wildman–Crippen LogP) is 3.76. The van der Waals surface area contributed by atoms with Crippen LogP contribution in [0.4, 0.5) is 4.39 Å². The number of benzene rings is 2. The van der Waals surface area contributed by atoms with E-state index in [1.807, 2.05) is 42.6 Å². The molecule has 0 radical (unpaired) electrons. The molecule has 36 heavy (non-hydrogen) atoms. The van der Waals surface area contributed by atoms with Gasteiger partial charge in [0.1, 0.15) is 5.69 Å². The van der Waals surface area contributed by atoms with Crippen molar-refractivity contribution < 1.29 is 9.13 Å². The quantitative estimate of drug-likeness (QED) is 0.361. The zero-order chi connectivity index (χ0) is 24.6. The number of ether oxygens (including phenoxy) is 1. The Morgan fingerprint density at radius 1 is 1.03 bits per heavy atom. The van der Waals surface area contributed by atoms with Crippen molar-refractivity contribution in [3.05, 3.63) is 106 Å². The van der Waals surface area contributed by atoms with Gasteiger partial charge in [-0.15, -0.1) is 5.10 Å². The van der Waals surface area contributed by atoms with Crippen molar-refractivity contribution in [2.75, 3.05) is 7.11 Å². The van der Waals surface area contributed by atoms with Crippen LogP contribution in [-0.2, 0) is 0 Å². The summed E-state index contributed by atoms with van der Waals surface area (Å²) in [6.07, 6.45) is 6.85. The van der Waals surface area contributed by atoms with Crippen LogP contribution in [0.1, 0.15) is 5.56 Å². The topological polar surface area (TPSA) is 87.2 Å². The van der Waals surface area contributed by atoms with E-state index in [1.54, 1.807) is 41.4 Å². The van der Waals surface area contributed by atoms with Crippen molar-refractivity contribution in [2.24, 2.45) is 0 Å². The van der Waals surface area contributed by atoms with Crippen LogP contribution in [-0.4, -0.2) is 36.5 Å². The van der Waals surface area contributed by atoms with Crippen molar-refractivity contribution in [1.29, 1.82) is 0 Å². The second-order valence-electron chi connectivity index (χ2n) is 7.85. The molecule has 4 aromatic heterocycles. The van der Waals surface area contributed by atoms with E-state index in [0.29, 0.717) is 32.1 Å². The molecular weight excluding hydrogens is 479 g/mol. The molecule has 0 amide bonds. The Hall–Kier alpha value is -4.70. The number of rotatable bonds is 5. The Bertz CT molecular complexity index is 1810. The zero-order valence-corrected chi connectivity index (χ0v) is 19.7. The van der Waals surface area contributed by atoms with Crippen molar-refractivity contribution in [2.45, 2.75) is 0 Å². The fourth-order valence-corrected chi connectivity index (χ4v) is 4.73. The Kier molecular flexibility index (Phi) is 5.34. The van der Waals surface area contributed by atoms with Crippen molar-refractivity contribution in [3.8, 4) is 34.1 Å². The molecule has 0 aliphatic rings. The third-order valence-corrected chi connectivity index (χ3v) is 6.54. The first-order valence-electron chi connectivity index (χ1n) is 10.9. The average molecular weight is 497 g/mol. The molecule has 0 atom stereocenters. The van der Waals surface area contributed by atoms with Crippen molar-refractivity contribution in [3.63, 3.8) is 0 Å². The number of thiazole rings is 1. The molecule has 0 fully saturated rings. The monoisotopic (exact) mass is 496 g/mol. The van der Waals surface area contributed by atoms with Gasteiger partial charge in [0, 0.05) is 35.3 Å². The maximum Gasteiger partial charge on any atom is 0.291 e. The fourth-order valence-electron chi connectivity index (χ4n) is 3.84. The van der Waals surface area contributed by atoms with Gasteiger partial charge in [0.25, 0.3) is 5.56 Å². The van der Waals surface area contributed by atoms with Crippen LogP contribution in [0.25, 0.3) is 39.4 Å².